The number of nitrogens with one attached hydrogen (secondary N) is 1. The Labute approximate surface area is 197 Å². The van der Waals surface area contributed by atoms with Gasteiger partial charge in [-0.05, 0) is 61.2 Å². The Morgan fingerprint density at radius 3 is 2.72 bits per heavy atom. The number of benzene rings is 2. The van der Waals surface area contributed by atoms with E-state index in [-0.39, 0.29) is 11.8 Å². The summed E-state index contributed by atoms with van der Waals surface area (Å²) in [6.45, 7) is 6.33. The highest BCUT2D eigenvalue weighted by molar-refractivity contribution is 6.36. The Hall–Kier alpha value is -2.41. The SMILES string of the molecule is CC(C)c1ccc(NC(=O)C2CCCN(Cc3nc(-c4ccc(Cl)cc4Cl)no3)C2)cc1. The van der Waals surface area contributed by atoms with Gasteiger partial charge in [-0.25, -0.2) is 0 Å². The van der Waals surface area contributed by atoms with Gasteiger partial charge in [0, 0.05) is 22.8 Å². The van der Waals surface area contributed by atoms with Crippen molar-refractivity contribution in [1.82, 2.24) is 15.0 Å². The van der Waals surface area contributed by atoms with Crippen molar-refractivity contribution in [3.05, 3.63) is 64.0 Å². The van der Waals surface area contributed by atoms with Crippen molar-refractivity contribution in [3.8, 4) is 11.4 Å². The van der Waals surface area contributed by atoms with E-state index in [1.54, 1.807) is 18.2 Å². The zero-order valence-electron chi connectivity index (χ0n) is 18.1. The van der Waals surface area contributed by atoms with E-state index in [2.05, 4.69) is 46.3 Å². The lowest BCUT2D eigenvalue weighted by Gasteiger charge is -2.30. The number of rotatable bonds is 6. The molecule has 2 aromatic carbocycles. The molecule has 8 heteroatoms. The second-order valence-electron chi connectivity index (χ2n) is 8.48. The van der Waals surface area contributed by atoms with Gasteiger partial charge in [-0.3, -0.25) is 9.69 Å². The predicted molar refractivity (Wildman–Crippen MR) is 127 cm³/mol. The molecule has 1 atom stereocenters. The molecule has 168 valence electrons. The molecule has 1 saturated heterocycles. The van der Waals surface area contributed by atoms with Gasteiger partial charge in [-0.1, -0.05) is 54.3 Å². The summed E-state index contributed by atoms with van der Waals surface area (Å²) in [7, 11) is 0. The molecule has 1 unspecified atom stereocenters. The number of hydrogen-bond donors (Lipinski definition) is 1. The fraction of sp³-hybridized carbons (Fsp3) is 0.375. The van der Waals surface area contributed by atoms with Gasteiger partial charge in [0.05, 0.1) is 17.5 Å². The molecule has 1 aromatic heterocycles. The number of carbonyl (C=O) groups is 1. The van der Waals surface area contributed by atoms with Crippen molar-refractivity contribution >= 4 is 34.8 Å². The van der Waals surface area contributed by atoms with Gasteiger partial charge in [-0.15, -0.1) is 0 Å². The number of likely N-dealkylation sites (tertiary alicyclic amines) is 1. The maximum atomic E-state index is 12.8. The van der Waals surface area contributed by atoms with Crippen molar-refractivity contribution in [3.63, 3.8) is 0 Å². The number of aromatic nitrogens is 2. The number of halogens is 2. The van der Waals surface area contributed by atoms with Crippen LogP contribution < -0.4 is 5.32 Å². The van der Waals surface area contributed by atoms with E-state index < -0.39 is 0 Å². The lowest BCUT2D eigenvalue weighted by molar-refractivity contribution is -0.121. The molecule has 1 amide bonds. The summed E-state index contributed by atoms with van der Waals surface area (Å²) >= 11 is 12.2. The molecule has 0 saturated carbocycles. The molecule has 2 heterocycles. The van der Waals surface area contributed by atoms with E-state index in [1.165, 1.54) is 5.56 Å². The minimum atomic E-state index is -0.0818. The Morgan fingerprint density at radius 2 is 2.00 bits per heavy atom. The highest BCUT2D eigenvalue weighted by Gasteiger charge is 2.27. The van der Waals surface area contributed by atoms with Crippen LogP contribution in [0.2, 0.25) is 10.0 Å². The molecule has 1 N–H and O–H groups in total. The first-order valence-corrected chi connectivity index (χ1v) is 11.6. The number of hydrogen-bond acceptors (Lipinski definition) is 5. The molecule has 1 aliphatic rings. The largest absolute Gasteiger partial charge is 0.338 e. The third kappa shape index (κ3) is 5.49. The smallest absolute Gasteiger partial charge is 0.241 e. The average molecular weight is 473 g/mol. The van der Waals surface area contributed by atoms with Gasteiger partial charge in [0.1, 0.15) is 0 Å². The number of carbonyl (C=O) groups excluding carboxylic acids is 1. The third-order valence-corrected chi connectivity index (χ3v) is 6.27. The first-order chi connectivity index (χ1) is 15.4. The molecular weight excluding hydrogens is 447 g/mol. The molecule has 6 nitrogen and oxygen atoms in total. The molecule has 0 bridgehead atoms. The van der Waals surface area contributed by atoms with Crippen molar-refractivity contribution < 1.29 is 9.32 Å². The predicted octanol–water partition coefficient (Wildman–Crippen LogP) is 6.02. The summed E-state index contributed by atoms with van der Waals surface area (Å²) in [4.78, 5) is 19.5. The normalized spacial score (nSPS) is 17.0. The van der Waals surface area contributed by atoms with Crippen LogP contribution >= 0.6 is 23.2 Å². The number of piperidine rings is 1. The minimum absolute atomic E-state index is 0.0474. The van der Waals surface area contributed by atoms with Gasteiger partial charge < -0.3 is 9.84 Å². The number of amides is 1. The maximum absolute atomic E-state index is 12.8. The van der Waals surface area contributed by atoms with Gasteiger partial charge in [0.15, 0.2) is 0 Å². The molecule has 0 spiro atoms. The fourth-order valence-corrected chi connectivity index (χ4v) is 4.39. The zero-order valence-corrected chi connectivity index (χ0v) is 19.7. The van der Waals surface area contributed by atoms with Crippen LogP contribution in [-0.2, 0) is 11.3 Å². The Kier molecular flexibility index (Phi) is 7.13. The van der Waals surface area contributed by atoms with Crippen LogP contribution in [0.4, 0.5) is 5.69 Å². The average Bonchev–Trinajstić information content (AvgIpc) is 3.22. The first kappa shape index (κ1) is 22.8. The molecule has 0 aliphatic carbocycles. The van der Waals surface area contributed by atoms with Crippen LogP contribution in [0, 0.1) is 5.92 Å². The second kappa shape index (κ2) is 10.0. The summed E-state index contributed by atoms with van der Waals surface area (Å²) in [5.41, 5.74) is 2.76. The molecule has 0 radical (unpaired) electrons. The van der Waals surface area contributed by atoms with Gasteiger partial charge >= 0.3 is 0 Å². The molecule has 32 heavy (non-hydrogen) atoms. The minimum Gasteiger partial charge on any atom is -0.338 e. The third-order valence-electron chi connectivity index (χ3n) is 5.72. The van der Waals surface area contributed by atoms with Crippen LogP contribution in [0.3, 0.4) is 0 Å². The lowest BCUT2D eigenvalue weighted by atomic mass is 9.97. The Balaban J connectivity index is 1.36. The summed E-state index contributed by atoms with van der Waals surface area (Å²) in [5, 5.41) is 8.13. The van der Waals surface area contributed by atoms with E-state index in [9.17, 15) is 4.79 Å². The Morgan fingerprint density at radius 1 is 1.22 bits per heavy atom. The van der Waals surface area contributed by atoms with E-state index in [1.807, 2.05) is 12.1 Å². The van der Waals surface area contributed by atoms with Crippen molar-refractivity contribution in [1.29, 1.82) is 0 Å². The van der Waals surface area contributed by atoms with Gasteiger partial charge in [-0.2, -0.15) is 4.98 Å². The standard InChI is InChI=1S/C24H26Cl2N4O2/c1-15(2)16-5-8-19(9-6-16)27-24(31)17-4-3-11-30(13-17)14-22-28-23(29-32-22)20-10-7-18(25)12-21(20)26/h5-10,12,15,17H,3-4,11,13-14H2,1-2H3,(H,27,31). The second-order valence-corrected chi connectivity index (χ2v) is 9.32. The molecule has 4 rings (SSSR count). The summed E-state index contributed by atoms with van der Waals surface area (Å²) in [6.07, 6.45) is 1.80. The number of nitrogens with zero attached hydrogens (tertiary/aromatic N) is 3. The quantitative estimate of drug-likeness (QED) is 0.474. The first-order valence-electron chi connectivity index (χ1n) is 10.8. The highest BCUT2D eigenvalue weighted by atomic mass is 35.5. The topological polar surface area (TPSA) is 71.3 Å². The van der Waals surface area contributed by atoms with E-state index >= 15 is 0 Å². The van der Waals surface area contributed by atoms with E-state index in [0.717, 1.165) is 25.1 Å². The van der Waals surface area contributed by atoms with Crippen LogP contribution in [0.1, 0.15) is 44.1 Å². The van der Waals surface area contributed by atoms with Crippen molar-refractivity contribution in [2.24, 2.45) is 5.92 Å². The fourth-order valence-electron chi connectivity index (χ4n) is 3.90. The monoisotopic (exact) mass is 472 g/mol. The zero-order chi connectivity index (χ0) is 22.7. The van der Waals surface area contributed by atoms with Crippen LogP contribution in [0.25, 0.3) is 11.4 Å². The van der Waals surface area contributed by atoms with Gasteiger partial charge in [0.2, 0.25) is 17.6 Å². The summed E-state index contributed by atoms with van der Waals surface area (Å²) in [5.74, 6) is 1.36. The maximum Gasteiger partial charge on any atom is 0.241 e. The Bertz CT molecular complexity index is 1080. The van der Waals surface area contributed by atoms with Crippen LogP contribution in [-0.4, -0.2) is 34.0 Å². The highest BCUT2D eigenvalue weighted by Crippen LogP contribution is 2.29. The molecule has 1 aliphatic heterocycles. The number of anilines is 1. The molecular formula is C24H26Cl2N4O2. The molecule has 1 fully saturated rings. The van der Waals surface area contributed by atoms with Crippen molar-refractivity contribution in [2.75, 3.05) is 18.4 Å². The lowest BCUT2D eigenvalue weighted by Crippen LogP contribution is -2.40. The summed E-state index contributed by atoms with van der Waals surface area (Å²) < 4.78 is 5.43. The van der Waals surface area contributed by atoms with Crippen molar-refractivity contribution in [2.45, 2.75) is 39.2 Å². The van der Waals surface area contributed by atoms with Crippen LogP contribution in [0.15, 0.2) is 47.0 Å². The van der Waals surface area contributed by atoms with Crippen LogP contribution in [0.5, 0.6) is 0 Å². The molecule has 3 aromatic rings. The van der Waals surface area contributed by atoms with Gasteiger partial charge in [0.25, 0.3) is 0 Å². The van der Waals surface area contributed by atoms with E-state index in [4.69, 9.17) is 27.7 Å². The summed E-state index contributed by atoms with van der Waals surface area (Å²) in [6, 6.07) is 13.2. The van der Waals surface area contributed by atoms with E-state index in [0.29, 0.717) is 46.3 Å².